The first-order valence-corrected chi connectivity index (χ1v) is 3.70. The number of carbonyl (C=O) groups is 1. The molecule has 0 bridgehead atoms. The first kappa shape index (κ1) is 10.0. The molecule has 3 nitrogen and oxygen atoms in total. The average molecular weight is 158 g/mol. The second-order valence-electron chi connectivity index (χ2n) is 2.33. The number of carboxylic acid groups (broad SMARTS) is 1. The van der Waals surface area contributed by atoms with Crippen LogP contribution in [0.1, 0.15) is 26.7 Å². The van der Waals surface area contributed by atoms with Crippen LogP contribution in [0.5, 0.6) is 0 Å². The van der Waals surface area contributed by atoms with E-state index in [-0.39, 0.29) is 5.57 Å². The lowest BCUT2D eigenvalue weighted by Crippen LogP contribution is -1.97. The Balaban J connectivity index is 3.48. The molecule has 0 fully saturated rings. The van der Waals surface area contributed by atoms with Crippen LogP contribution < -0.4 is 0 Å². The molecule has 0 spiro atoms. The first-order valence-electron chi connectivity index (χ1n) is 3.70. The molecule has 0 saturated heterocycles. The number of hydrogen-bond acceptors (Lipinski definition) is 2. The van der Waals surface area contributed by atoms with Crippen molar-refractivity contribution in [2.45, 2.75) is 26.7 Å². The van der Waals surface area contributed by atoms with Crippen LogP contribution in [0.4, 0.5) is 0 Å². The summed E-state index contributed by atoms with van der Waals surface area (Å²) in [5.41, 5.74) is 0.237. The first-order chi connectivity index (χ1) is 5.18. The van der Waals surface area contributed by atoms with Crippen molar-refractivity contribution in [2.24, 2.45) is 0 Å². The normalized spacial score (nSPS) is 11.3. The minimum Gasteiger partial charge on any atom is -0.501 e. The molecular formula is C8H14O3. The van der Waals surface area contributed by atoms with E-state index in [0.29, 0.717) is 6.61 Å². The van der Waals surface area contributed by atoms with E-state index < -0.39 is 5.97 Å². The van der Waals surface area contributed by atoms with E-state index in [1.807, 2.05) is 0 Å². The van der Waals surface area contributed by atoms with Crippen LogP contribution in [0, 0.1) is 0 Å². The zero-order valence-corrected chi connectivity index (χ0v) is 6.96. The number of carboxylic acids is 1. The molecular weight excluding hydrogens is 144 g/mol. The molecule has 3 heteroatoms. The van der Waals surface area contributed by atoms with Gasteiger partial charge in [0.15, 0.2) is 0 Å². The van der Waals surface area contributed by atoms with Gasteiger partial charge in [0.1, 0.15) is 0 Å². The van der Waals surface area contributed by atoms with Gasteiger partial charge >= 0.3 is 5.97 Å². The molecule has 0 amide bonds. The van der Waals surface area contributed by atoms with Crippen LogP contribution in [0.25, 0.3) is 0 Å². The number of rotatable bonds is 5. The fraction of sp³-hybridized carbons (Fsp3) is 0.625. The molecule has 0 aliphatic carbocycles. The summed E-state index contributed by atoms with van der Waals surface area (Å²) in [6, 6.07) is 0. The summed E-state index contributed by atoms with van der Waals surface area (Å²) >= 11 is 0. The summed E-state index contributed by atoms with van der Waals surface area (Å²) < 4.78 is 4.95. The smallest absolute Gasteiger partial charge is 0.334 e. The van der Waals surface area contributed by atoms with E-state index in [2.05, 4.69) is 6.92 Å². The zero-order chi connectivity index (χ0) is 8.69. The highest BCUT2D eigenvalue weighted by Gasteiger charge is 1.97. The maximum atomic E-state index is 10.2. The van der Waals surface area contributed by atoms with E-state index in [0.717, 1.165) is 12.8 Å². The zero-order valence-electron chi connectivity index (χ0n) is 6.96. The van der Waals surface area contributed by atoms with Crippen LogP contribution in [0.2, 0.25) is 0 Å². The molecule has 0 aromatic heterocycles. The second kappa shape index (κ2) is 5.77. The SMILES string of the molecule is CCCCOC=C(C)C(=O)O. The topological polar surface area (TPSA) is 46.5 Å². The van der Waals surface area contributed by atoms with Crippen molar-refractivity contribution in [2.75, 3.05) is 6.61 Å². The number of ether oxygens (including phenoxy) is 1. The van der Waals surface area contributed by atoms with E-state index >= 15 is 0 Å². The van der Waals surface area contributed by atoms with Crippen LogP contribution >= 0.6 is 0 Å². The molecule has 0 saturated carbocycles. The molecule has 0 atom stereocenters. The Kier molecular flexibility index (Phi) is 5.25. The van der Waals surface area contributed by atoms with Crippen molar-refractivity contribution in [1.29, 1.82) is 0 Å². The van der Waals surface area contributed by atoms with Gasteiger partial charge in [-0.05, 0) is 13.3 Å². The van der Waals surface area contributed by atoms with Gasteiger partial charge in [-0.15, -0.1) is 0 Å². The van der Waals surface area contributed by atoms with E-state index in [1.54, 1.807) is 0 Å². The lowest BCUT2D eigenvalue weighted by molar-refractivity contribution is -0.132. The fourth-order valence-corrected chi connectivity index (χ4v) is 0.462. The van der Waals surface area contributed by atoms with Crippen LogP contribution in [0.3, 0.4) is 0 Å². The predicted molar refractivity (Wildman–Crippen MR) is 42.3 cm³/mol. The summed E-state index contributed by atoms with van der Waals surface area (Å²) in [4.78, 5) is 10.2. The third-order valence-electron chi connectivity index (χ3n) is 1.21. The van der Waals surface area contributed by atoms with E-state index in [9.17, 15) is 4.79 Å². The van der Waals surface area contributed by atoms with E-state index in [4.69, 9.17) is 9.84 Å². The van der Waals surface area contributed by atoms with Crippen molar-refractivity contribution in [3.8, 4) is 0 Å². The van der Waals surface area contributed by atoms with Crippen LogP contribution in [-0.2, 0) is 9.53 Å². The van der Waals surface area contributed by atoms with Crippen LogP contribution in [-0.4, -0.2) is 17.7 Å². The summed E-state index contributed by atoms with van der Waals surface area (Å²) in [6.45, 7) is 4.16. The lowest BCUT2D eigenvalue weighted by Gasteiger charge is -1.98. The summed E-state index contributed by atoms with van der Waals surface area (Å²) in [6.07, 6.45) is 3.31. The highest BCUT2D eigenvalue weighted by atomic mass is 16.5. The minimum absolute atomic E-state index is 0.237. The van der Waals surface area contributed by atoms with Crippen molar-refractivity contribution in [3.63, 3.8) is 0 Å². The Morgan fingerprint density at radius 1 is 1.64 bits per heavy atom. The lowest BCUT2D eigenvalue weighted by atomic mass is 10.3. The molecule has 64 valence electrons. The summed E-state index contributed by atoms with van der Waals surface area (Å²) in [5, 5.41) is 8.39. The Morgan fingerprint density at radius 3 is 2.73 bits per heavy atom. The molecule has 0 rings (SSSR count). The van der Waals surface area contributed by atoms with Gasteiger partial charge in [0.2, 0.25) is 0 Å². The molecule has 0 aromatic rings. The summed E-state index contributed by atoms with van der Waals surface area (Å²) in [5.74, 6) is -0.929. The fourth-order valence-electron chi connectivity index (χ4n) is 0.462. The number of hydrogen-bond donors (Lipinski definition) is 1. The highest BCUT2D eigenvalue weighted by Crippen LogP contribution is 1.94. The standard InChI is InChI=1S/C8H14O3/c1-3-4-5-11-6-7(2)8(9)10/h6H,3-5H2,1-2H3,(H,9,10). The number of aliphatic carboxylic acids is 1. The maximum absolute atomic E-state index is 10.2. The molecule has 0 aliphatic rings. The third kappa shape index (κ3) is 5.45. The Bertz CT molecular complexity index is 149. The van der Waals surface area contributed by atoms with Crippen molar-refractivity contribution in [1.82, 2.24) is 0 Å². The molecule has 0 aliphatic heterocycles. The molecule has 0 aromatic carbocycles. The highest BCUT2D eigenvalue weighted by molar-refractivity contribution is 5.85. The Morgan fingerprint density at radius 2 is 2.27 bits per heavy atom. The quantitative estimate of drug-likeness (QED) is 0.377. The van der Waals surface area contributed by atoms with Gasteiger partial charge in [0, 0.05) is 0 Å². The molecule has 0 heterocycles. The van der Waals surface area contributed by atoms with E-state index in [1.165, 1.54) is 13.2 Å². The average Bonchev–Trinajstić information content (AvgIpc) is 1.97. The van der Waals surface area contributed by atoms with Gasteiger partial charge < -0.3 is 9.84 Å². The van der Waals surface area contributed by atoms with Gasteiger partial charge in [-0.1, -0.05) is 13.3 Å². The number of unbranched alkanes of at least 4 members (excludes halogenated alkanes) is 1. The Labute approximate surface area is 66.7 Å². The van der Waals surface area contributed by atoms with Gasteiger partial charge in [0.25, 0.3) is 0 Å². The van der Waals surface area contributed by atoms with Crippen molar-refractivity contribution < 1.29 is 14.6 Å². The third-order valence-corrected chi connectivity index (χ3v) is 1.21. The van der Waals surface area contributed by atoms with Gasteiger partial charge in [-0.3, -0.25) is 0 Å². The molecule has 0 unspecified atom stereocenters. The van der Waals surface area contributed by atoms with Gasteiger partial charge in [-0.25, -0.2) is 4.79 Å². The monoisotopic (exact) mass is 158 g/mol. The second-order valence-corrected chi connectivity index (χ2v) is 2.33. The van der Waals surface area contributed by atoms with Crippen LogP contribution in [0.15, 0.2) is 11.8 Å². The summed E-state index contributed by atoms with van der Waals surface area (Å²) in [7, 11) is 0. The molecule has 0 radical (unpaired) electrons. The van der Waals surface area contributed by atoms with Crippen molar-refractivity contribution >= 4 is 5.97 Å². The molecule has 11 heavy (non-hydrogen) atoms. The van der Waals surface area contributed by atoms with Gasteiger partial charge in [-0.2, -0.15) is 0 Å². The molecule has 1 N–H and O–H groups in total. The van der Waals surface area contributed by atoms with Crippen molar-refractivity contribution in [3.05, 3.63) is 11.8 Å². The van der Waals surface area contributed by atoms with Gasteiger partial charge in [0.05, 0.1) is 18.4 Å². The largest absolute Gasteiger partial charge is 0.501 e. The Hall–Kier alpha value is -0.990. The maximum Gasteiger partial charge on any atom is 0.334 e. The minimum atomic E-state index is -0.929. The predicted octanol–water partition coefficient (Wildman–Crippen LogP) is 1.79.